The van der Waals surface area contributed by atoms with Crippen molar-refractivity contribution in [1.29, 1.82) is 0 Å². The molecule has 3 aromatic rings. The molecule has 8 heteroatoms. The molecule has 0 atom stereocenters. The Labute approximate surface area is 177 Å². The molecule has 0 saturated heterocycles. The Kier molecular flexibility index (Phi) is 6.51. The highest BCUT2D eigenvalue weighted by Crippen LogP contribution is 2.26. The van der Waals surface area contributed by atoms with E-state index >= 15 is 0 Å². The van der Waals surface area contributed by atoms with Gasteiger partial charge in [0.25, 0.3) is 5.69 Å². The van der Waals surface area contributed by atoms with Gasteiger partial charge in [-0.1, -0.05) is 30.3 Å². The van der Waals surface area contributed by atoms with Crippen molar-refractivity contribution in [1.82, 2.24) is 0 Å². The average molecular weight is 418 g/mol. The first-order valence-corrected chi connectivity index (χ1v) is 9.23. The van der Waals surface area contributed by atoms with E-state index in [-0.39, 0.29) is 22.7 Å². The molecule has 31 heavy (non-hydrogen) atoms. The summed E-state index contributed by atoms with van der Waals surface area (Å²) in [5, 5.41) is 11.0. The number of benzene rings is 3. The van der Waals surface area contributed by atoms with Crippen LogP contribution in [0, 0.1) is 17.0 Å². The number of para-hydroxylation sites is 2. The summed E-state index contributed by atoms with van der Waals surface area (Å²) in [6.07, 6.45) is 1.46. The van der Waals surface area contributed by atoms with Crippen LogP contribution in [0.15, 0.2) is 71.7 Å². The van der Waals surface area contributed by atoms with Crippen LogP contribution in [0.25, 0.3) is 0 Å². The normalized spacial score (nSPS) is 10.6. The summed E-state index contributed by atoms with van der Waals surface area (Å²) < 4.78 is 10.6. The number of carbonyl (C=O) groups is 2. The lowest BCUT2D eigenvalue weighted by atomic mass is 10.1. The molecule has 3 rings (SSSR count). The highest BCUT2D eigenvalue weighted by atomic mass is 16.6. The van der Waals surface area contributed by atoms with Gasteiger partial charge in [0.2, 0.25) is 0 Å². The van der Waals surface area contributed by atoms with Crippen molar-refractivity contribution in [3.63, 3.8) is 0 Å². The number of nitrogens with zero attached hydrogens (tertiary/aromatic N) is 2. The number of hydrogen-bond acceptors (Lipinski definition) is 7. The summed E-state index contributed by atoms with van der Waals surface area (Å²) in [4.78, 5) is 38.8. The number of aryl methyl sites for hydroxylation is 1. The van der Waals surface area contributed by atoms with E-state index in [0.29, 0.717) is 11.3 Å². The maximum absolute atomic E-state index is 12.7. The minimum atomic E-state index is -0.704. The largest absolute Gasteiger partial charge is 0.426 e. The minimum absolute atomic E-state index is 0.0699. The quantitative estimate of drug-likeness (QED) is 0.187. The predicted octanol–water partition coefficient (Wildman–Crippen LogP) is 4.80. The Balaban J connectivity index is 1.88. The van der Waals surface area contributed by atoms with Gasteiger partial charge in [-0.15, -0.1) is 0 Å². The highest BCUT2D eigenvalue weighted by molar-refractivity contribution is 5.96. The zero-order valence-electron chi connectivity index (χ0n) is 16.8. The van der Waals surface area contributed by atoms with Crippen LogP contribution in [0.1, 0.15) is 28.4 Å². The lowest BCUT2D eigenvalue weighted by molar-refractivity contribution is -0.384. The van der Waals surface area contributed by atoms with Gasteiger partial charge in [0.15, 0.2) is 0 Å². The fraction of sp³-hybridized carbons (Fsp3) is 0.0870. The number of nitro groups is 1. The van der Waals surface area contributed by atoms with Gasteiger partial charge in [-0.05, 0) is 36.8 Å². The zero-order chi connectivity index (χ0) is 22.4. The number of rotatable bonds is 6. The van der Waals surface area contributed by atoms with Crippen molar-refractivity contribution in [2.24, 2.45) is 4.99 Å². The highest BCUT2D eigenvalue weighted by Gasteiger charge is 2.17. The Morgan fingerprint density at radius 1 is 0.968 bits per heavy atom. The number of carbonyl (C=O) groups excluding carboxylic acids is 2. The first kappa shape index (κ1) is 21.4. The third kappa shape index (κ3) is 5.39. The lowest BCUT2D eigenvalue weighted by Crippen LogP contribution is -2.13. The van der Waals surface area contributed by atoms with Crippen molar-refractivity contribution in [2.45, 2.75) is 13.8 Å². The van der Waals surface area contributed by atoms with Gasteiger partial charge in [0, 0.05) is 30.8 Å². The molecule has 0 N–H and O–H groups in total. The standard InChI is InChI=1S/C23H18N2O6/c1-15-11-12-18(25(28)29)13-20(15)24-14-17-7-3-5-9-21(17)31-23(27)19-8-4-6-10-22(19)30-16(2)26/h3-14H,1-2H3. The molecule has 0 radical (unpaired) electrons. The molecule has 0 aliphatic heterocycles. The molecule has 0 heterocycles. The van der Waals surface area contributed by atoms with Crippen LogP contribution in [0.3, 0.4) is 0 Å². The Morgan fingerprint density at radius 2 is 1.65 bits per heavy atom. The number of ether oxygens (including phenoxy) is 2. The Bertz CT molecular complexity index is 1190. The van der Waals surface area contributed by atoms with Crippen LogP contribution in [0.2, 0.25) is 0 Å². The van der Waals surface area contributed by atoms with E-state index in [4.69, 9.17) is 9.47 Å². The third-order valence-corrected chi connectivity index (χ3v) is 4.23. The third-order valence-electron chi connectivity index (χ3n) is 4.23. The summed E-state index contributed by atoms with van der Waals surface area (Å²) in [6.45, 7) is 3.03. The van der Waals surface area contributed by atoms with E-state index in [2.05, 4.69) is 4.99 Å². The minimum Gasteiger partial charge on any atom is -0.426 e. The molecule has 0 unspecified atom stereocenters. The Morgan fingerprint density at radius 3 is 2.35 bits per heavy atom. The van der Waals surface area contributed by atoms with Crippen LogP contribution < -0.4 is 9.47 Å². The van der Waals surface area contributed by atoms with Crippen molar-refractivity contribution >= 4 is 29.5 Å². The molecule has 8 nitrogen and oxygen atoms in total. The van der Waals surface area contributed by atoms with E-state index in [9.17, 15) is 19.7 Å². The summed E-state index contributed by atoms with van der Waals surface area (Å²) in [5.41, 5.74) is 1.70. The van der Waals surface area contributed by atoms with Gasteiger partial charge in [0.1, 0.15) is 17.1 Å². The number of nitro benzene ring substituents is 1. The molecule has 0 saturated carbocycles. The van der Waals surface area contributed by atoms with Crippen LogP contribution in [-0.2, 0) is 4.79 Å². The number of aliphatic imine (C=N–C) groups is 1. The molecule has 0 spiro atoms. The molecule has 3 aromatic carbocycles. The number of esters is 2. The van der Waals surface area contributed by atoms with Gasteiger partial charge in [-0.3, -0.25) is 19.9 Å². The van der Waals surface area contributed by atoms with Gasteiger partial charge in [-0.2, -0.15) is 0 Å². The average Bonchev–Trinajstić information content (AvgIpc) is 2.73. The fourth-order valence-corrected chi connectivity index (χ4v) is 2.70. The van der Waals surface area contributed by atoms with Gasteiger partial charge in [0.05, 0.1) is 10.6 Å². The monoisotopic (exact) mass is 418 g/mol. The molecular weight excluding hydrogens is 400 g/mol. The number of non-ortho nitro benzene ring substituents is 1. The van der Waals surface area contributed by atoms with E-state index in [1.807, 2.05) is 0 Å². The molecule has 0 aromatic heterocycles. The second-order valence-electron chi connectivity index (χ2n) is 6.50. The summed E-state index contributed by atoms with van der Waals surface area (Å²) in [6, 6.07) is 17.4. The molecule has 0 amide bonds. The topological polar surface area (TPSA) is 108 Å². The van der Waals surface area contributed by atoms with Crippen LogP contribution in [0.4, 0.5) is 11.4 Å². The molecule has 156 valence electrons. The summed E-state index contributed by atoms with van der Waals surface area (Å²) in [7, 11) is 0. The molecule has 0 aliphatic carbocycles. The maximum atomic E-state index is 12.7. The lowest BCUT2D eigenvalue weighted by Gasteiger charge is -2.10. The maximum Gasteiger partial charge on any atom is 0.347 e. The molecule has 0 bridgehead atoms. The smallest absolute Gasteiger partial charge is 0.347 e. The van der Waals surface area contributed by atoms with Crippen molar-refractivity contribution < 1.29 is 24.0 Å². The zero-order valence-corrected chi connectivity index (χ0v) is 16.8. The van der Waals surface area contributed by atoms with Gasteiger partial charge >= 0.3 is 11.9 Å². The van der Waals surface area contributed by atoms with E-state index < -0.39 is 16.9 Å². The molecular formula is C23H18N2O6. The van der Waals surface area contributed by atoms with Crippen molar-refractivity contribution in [3.8, 4) is 11.5 Å². The summed E-state index contributed by atoms with van der Waals surface area (Å²) in [5.74, 6) is -0.931. The Hall–Kier alpha value is -4.33. The molecule has 0 aliphatic rings. The van der Waals surface area contributed by atoms with Gasteiger partial charge in [-0.25, -0.2) is 4.79 Å². The van der Waals surface area contributed by atoms with E-state index in [1.54, 1.807) is 49.4 Å². The first-order valence-electron chi connectivity index (χ1n) is 9.23. The second kappa shape index (κ2) is 9.45. The van der Waals surface area contributed by atoms with Crippen molar-refractivity contribution in [3.05, 3.63) is 93.5 Å². The predicted molar refractivity (Wildman–Crippen MR) is 114 cm³/mol. The van der Waals surface area contributed by atoms with E-state index in [0.717, 1.165) is 5.56 Å². The van der Waals surface area contributed by atoms with Crippen molar-refractivity contribution in [2.75, 3.05) is 0 Å². The van der Waals surface area contributed by atoms with E-state index in [1.165, 1.54) is 37.4 Å². The van der Waals surface area contributed by atoms with Crippen LogP contribution in [-0.4, -0.2) is 23.1 Å². The number of hydrogen-bond donors (Lipinski definition) is 0. The van der Waals surface area contributed by atoms with Crippen LogP contribution >= 0.6 is 0 Å². The SMILES string of the molecule is CC(=O)Oc1ccccc1C(=O)Oc1ccccc1C=Nc1cc([N+](=O)[O-])ccc1C. The fourth-order valence-electron chi connectivity index (χ4n) is 2.70. The van der Waals surface area contributed by atoms with Crippen LogP contribution in [0.5, 0.6) is 11.5 Å². The first-order chi connectivity index (χ1) is 14.8. The molecule has 0 fully saturated rings. The van der Waals surface area contributed by atoms with Gasteiger partial charge < -0.3 is 9.47 Å². The second-order valence-corrected chi connectivity index (χ2v) is 6.50. The summed E-state index contributed by atoms with van der Waals surface area (Å²) >= 11 is 0.